The van der Waals surface area contributed by atoms with Crippen LogP contribution < -0.4 is 16.1 Å². The molecule has 2 rings (SSSR count). The van der Waals surface area contributed by atoms with E-state index in [1.807, 2.05) is 6.92 Å². The third kappa shape index (κ3) is 4.82. The summed E-state index contributed by atoms with van der Waals surface area (Å²) in [5.74, 6) is -1.34. The maximum absolute atomic E-state index is 12.7. The molecule has 9 nitrogen and oxygen atoms in total. The van der Waals surface area contributed by atoms with E-state index >= 15 is 0 Å². The summed E-state index contributed by atoms with van der Waals surface area (Å²) in [7, 11) is 1.60. The Bertz CT molecular complexity index is 724. The lowest BCUT2D eigenvalue weighted by Crippen LogP contribution is -2.51. The van der Waals surface area contributed by atoms with Crippen LogP contribution in [0.4, 0.5) is 4.79 Å². The van der Waals surface area contributed by atoms with Gasteiger partial charge in [-0.2, -0.15) is 5.01 Å². The van der Waals surface area contributed by atoms with Crippen molar-refractivity contribution in [3.8, 4) is 0 Å². The molecule has 0 aliphatic carbocycles. The second-order valence-electron chi connectivity index (χ2n) is 6.62. The first-order valence-electron chi connectivity index (χ1n) is 8.75. The highest BCUT2D eigenvalue weighted by Crippen LogP contribution is 2.27. The number of nitrogens with one attached hydrogen (secondary N) is 3. The number of benzene rings is 1. The highest BCUT2D eigenvalue weighted by Gasteiger charge is 2.49. The van der Waals surface area contributed by atoms with Crippen molar-refractivity contribution in [1.29, 1.82) is 0 Å². The summed E-state index contributed by atoms with van der Waals surface area (Å²) < 4.78 is 0. The van der Waals surface area contributed by atoms with Gasteiger partial charge in [-0.1, -0.05) is 37.3 Å². The fourth-order valence-electron chi connectivity index (χ4n) is 2.73. The molecule has 1 heterocycles. The zero-order valence-electron chi connectivity index (χ0n) is 15.7. The third-order valence-electron chi connectivity index (χ3n) is 4.18. The number of likely N-dealkylation sites (N-methyl/N-ethyl adjacent to an activating group) is 1. The van der Waals surface area contributed by atoms with Crippen molar-refractivity contribution in [2.24, 2.45) is 0 Å². The molecular formula is C18H25N5O4. The molecule has 9 heteroatoms. The van der Waals surface area contributed by atoms with Crippen molar-refractivity contribution in [2.45, 2.75) is 25.8 Å². The Morgan fingerprint density at radius 1 is 1.15 bits per heavy atom. The van der Waals surface area contributed by atoms with Crippen molar-refractivity contribution in [1.82, 2.24) is 26.0 Å². The monoisotopic (exact) mass is 375 g/mol. The Hall–Kier alpha value is -2.94. The number of carbonyl (C=O) groups excluding carboxylic acids is 4. The first-order chi connectivity index (χ1) is 12.8. The first-order valence-corrected chi connectivity index (χ1v) is 8.75. The van der Waals surface area contributed by atoms with Crippen LogP contribution >= 0.6 is 0 Å². The van der Waals surface area contributed by atoms with E-state index in [4.69, 9.17) is 0 Å². The fraction of sp³-hybridized carbons (Fsp3) is 0.444. The maximum atomic E-state index is 12.7. The van der Waals surface area contributed by atoms with Gasteiger partial charge in [0.2, 0.25) is 5.91 Å². The van der Waals surface area contributed by atoms with Crippen LogP contribution in [0.5, 0.6) is 0 Å². The van der Waals surface area contributed by atoms with Crippen LogP contribution in [-0.4, -0.2) is 60.3 Å². The summed E-state index contributed by atoms with van der Waals surface area (Å²) in [6.07, 6.45) is 0.822. The number of carbonyl (C=O) groups is 4. The van der Waals surface area contributed by atoms with Crippen molar-refractivity contribution in [2.75, 3.05) is 26.7 Å². The van der Waals surface area contributed by atoms with Gasteiger partial charge in [0.05, 0.1) is 13.1 Å². The summed E-state index contributed by atoms with van der Waals surface area (Å²) in [6, 6.07) is 8.08. The molecular weight excluding hydrogens is 350 g/mol. The van der Waals surface area contributed by atoms with Crippen LogP contribution in [0.15, 0.2) is 30.3 Å². The molecule has 1 aliphatic rings. The Morgan fingerprint density at radius 2 is 1.78 bits per heavy atom. The number of hydrogen-bond donors (Lipinski definition) is 3. The fourth-order valence-corrected chi connectivity index (χ4v) is 2.73. The first kappa shape index (κ1) is 20.4. The van der Waals surface area contributed by atoms with Crippen LogP contribution in [0.1, 0.15) is 25.8 Å². The minimum absolute atomic E-state index is 0.0370. The van der Waals surface area contributed by atoms with E-state index in [1.165, 1.54) is 4.90 Å². The molecule has 1 aromatic rings. The minimum Gasteiger partial charge on any atom is -0.355 e. The van der Waals surface area contributed by atoms with E-state index in [-0.39, 0.29) is 19.0 Å². The number of rotatable bonds is 8. The summed E-state index contributed by atoms with van der Waals surface area (Å²) in [5.41, 5.74) is 1.67. The van der Waals surface area contributed by atoms with Gasteiger partial charge in [0, 0.05) is 6.54 Å². The number of imide groups is 1. The lowest BCUT2D eigenvalue weighted by atomic mass is 9.92. The van der Waals surface area contributed by atoms with Gasteiger partial charge in [-0.3, -0.25) is 24.7 Å². The van der Waals surface area contributed by atoms with E-state index in [2.05, 4.69) is 16.1 Å². The van der Waals surface area contributed by atoms with E-state index in [0.29, 0.717) is 17.1 Å². The lowest BCUT2D eigenvalue weighted by Gasteiger charge is -2.22. The highest BCUT2D eigenvalue weighted by atomic mass is 16.2. The summed E-state index contributed by atoms with van der Waals surface area (Å²) in [4.78, 5) is 50.2. The van der Waals surface area contributed by atoms with Crippen LogP contribution in [0.2, 0.25) is 0 Å². The minimum atomic E-state index is -1.25. The number of nitrogens with zero attached hydrogens (tertiary/aromatic N) is 2. The molecule has 146 valence electrons. The molecule has 1 atom stereocenters. The van der Waals surface area contributed by atoms with Crippen LogP contribution in [0.25, 0.3) is 0 Å². The molecule has 1 fully saturated rings. The number of amides is 5. The molecule has 1 aromatic carbocycles. The number of hydrogen-bond acceptors (Lipinski definition) is 5. The molecule has 5 amide bonds. The van der Waals surface area contributed by atoms with Gasteiger partial charge in [-0.25, -0.2) is 4.79 Å². The van der Waals surface area contributed by atoms with Gasteiger partial charge in [-0.15, -0.1) is 0 Å². The van der Waals surface area contributed by atoms with E-state index in [1.54, 1.807) is 44.3 Å². The van der Waals surface area contributed by atoms with Crippen LogP contribution in [0, 0.1) is 0 Å². The Kier molecular flexibility index (Phi) is 6.51. The summed E-state index contributed by atoms with van der Waals surface area (Å²) in [5, 5.41) is 6.00. The lowest BCUT2D eigenvalue weighted by molar-refractivity contribution is -0.139. The highest BCUT2D eigenvalue weighted by molar-refractivity contribution is 6.08. The molecule has 1 aliphatic heterocycles. The largest absolute Gasteiger partial charge is 0.355 e. The van der Waals surface area contributed by atoms with Crippen LogP contribution in [-0.2, 0) is 19.9 Å². The molecule has 3 N–H and O–H groups in total. The van der Waals surface area contributed by atoms with Gasteiger partial charge < -0.3 is 10.6 Å². The summed E-state index contributed by atoms with van der Waals surface area (Å²) in [6.45, 7) is 3.99. The topological polar surface area (TPSA) is 111 Å². The molecule has 1 unspecified atom stereocenters. The van der Waals surface area contributed by atoms with Gasteiger partial charge in [0.1, 0.15) is 5.54 Å². The molecule has 0 bridgehead atoms. The van der Waals surface area contributed by atoms with Crippen molar-refractivity contribution < 1.29 is 19.2 Å². The third-order valence-corrected chi connectivity index (χ3v) is 4.18. The molecule has 0 radical (unpaired) electrons. The smallest absolute Gasteiger partial charge is 0.344 e. The van der Waals surface area contributed by atoms with E-state index < -0.39 is 23.4 Å². The Balaban J connectivity index is 1.95. The Labute approximate surface area is 158 Å². The zero-order valence-corrected chi connectivity index (χ0v) is 15.7. The van der Waals surface area contributed by atoms with Gasteiger partial charge in [0.25, 0.3) is 11.8 Å². The van der Waals surface area contributed by atoms with E-state index in [9.17, 15) is 19.2 Å². The molecule has 27 heavy (non-hydrogen) atoms. The zero-order chi connectivity index (χ0) is 20.0. The quantitative estimate of drug-likeness (QED) is 0.552. The Morgan fingerprint density at radius 3 is 2.41 bits per heavy atom. The van der Waals surface area contributed by atoms with Gasteiger partial charge in [0.15, 0.2) is 0 Å². The standard InChI is InChI=1S/C18H25N5O4/c1-4-10-19-14(24)11-22(3)12-15(25)21-23-16(26)18(2,20-17(23)27)13-8-6-5-7-9-13/h5-9H,4,10-12H2,1-3H3,(H,19,24)(H,20,27)(H,21,25). The second-order valence-corrected chi connectivity index (χ2v) is 6.62. The van der Waals surface area contributed by atoms with Gasteiger partial charge >= 0.3 is 6.03 Å². The molecule has 1 saturated heterocycles. The van der Waals surface area contributed by atoms with Crippen molar-refractivity contribution in [3.05, 3.63) is 35.9 Å². The van der Waals surface area contributed by atoms with Gasteiger partial charge in [-0.05, 0) is 26.0 Å². The number of urea groups is 1. The van der Waals surface area contributed by atoms with Crippen LogP contribution in [0.3, 0.4) is 0 Å². The predicted octanol–water partition coefficient (Wildman–Crippen LogP) is -0.0572. The maximum Gasteiger partial charge on any atom is 0.344 e. The second kappa shape index (κ2) is 8.63. The summed E-state index contributed by atoms with van der Waals surface area (Å²) >= 11 is 0. The SMILES string of the molecule is CCCNC(=O)CN(C)CC(=O)NN1C(=O)NC(C)(c2ccccc2)C1=O. The number of hydrazine groups is 1. The molecule has 0 aromatic heterocycles. The molecule has 0 saturated carbocycles. The van der Waals surface area contributed by atoms with Crippen molar-refractivity contribution in [3.63, 3.8) is 0 Å². The predicted molar refractivity (Wildman–Crippen MR) is 98.1 cm³/mol. The van der Waals surface area contributed by atoms with E-state index in [0.717, 1.165) is 6.42 Å². The normalized spacial score (nSPS) is 19.2. The van der Waals surface area contributed by atoms with Crippen molar-refractivity contribution >= 4 is 23.8 Å². The molecule has 0 spiro atoms. The average molecular weight is 375 g/mol. The average Bonchev–Trinajstić information content (AvgIpc) is 2.84.